The van der Waals surface area contributed by atoms with Crippen LogP contribution in [0.5, 0.6) is 0 Å². The molecule has 2 saturated heterocycles. The second-order valence-corrected chi connectivity index (χ2v) is 9.29. The van der Waals surface area contributed by atoms with Gasteiger partial charge in [0.1, 0.15) is 5.60 Å². The predicted molar refractivity (Wildman–Crippen MR) is 117 cm³/mol. The topological polar surface area (TPSA) is 51.2 Å². The van der Waals surface area contributed by atoms with Gasteiger partial charge < -0.3 is 23.8 Å². The third-order valence-corrected chi connectivity index (χ3v) is 4.99. The van der Waals surface area contributed by atoms with Gasteiger partial charge in [0.05, 0.1) is 22.2 Å². The van der Waals surface area contributed by atoms with Crippen molar-refractivity contribution in [3.05, 3.63) is 23.8 Å². The average Bonchev–Trinajstić information content (AvgIpc) is 2.85. The number of anilines is 1. The smallest absolute Gasteiger partial charge is 0.444 e. The molecule has 0 aromatic heterocycles. The largest absolute Gasteiger partial charge is 0.494 e. The van der Waals surface area contributed by atoms with Crippen LogP contribution in [-0.2, 0) is 14.0 Å². The van der Waals surface area contributed by atoms with E-state index in [0.717, 1.165) is 0 Å². The van der Waals surface area contributed by atoms with E-state index in [4.69, 9.17) is 25.0 Å². The quantitative estimate of drug-likeness (QED) is 0.700. The molecule has 2 aliphatic heterocycles. The SMILES string of the molecule is [2H]C1([2H])N(C(=O)OC(C)(C)C)C([2H])([2H])C([2H])([2H])N(c2cc(C)cc(B3OC(C)(C)C(C)(C)O3)c2)C1([2H])[2H]. The summed E-state index contributed by atoms with van der Waals surface area (Å²) in [4.78, 5) is 13.2. The minimum absolute atomic E-state index is 0.118. The van der Waals surface area contributed by atoms with Crippen molar-refractivity contribution in [2.45, 2.75) is 72.2 Å². The molecule has 0 spiro atoms. The first-order valence-corrected chi connectivity index (χ1v) is 9.60. The van der Waals surface area contributed by atoms with E-state index in [0.29, 0.717) is 15.9 Å². The first-order valence-electron chi connectivity index (χ1n) is 13.6. The number of hydrogen-bond donors (Lipinski definition) is 0. The number of ether oxygens (including phenoxy) is 1. The highest BCUT2D eigenvalue weighted by Crippen LogP contribution is 2.36. The number of hydrogen-bond acceptors (Lipinski definition) is 5. The molecule has 2 heterocycles. The van der Waals surface area contributed by atoms with Crippen molar-refractivity contribution in [1.82, 2.24) is 4.90 Å². The van der Waals surface area contributed by atoms with Gasteiger partial charge in [-0.25, -0.2) is 4.79 Å². The summed E-state index contributed by atoms with van der Waals surface area (Å²) >= 11 is 0. The van der Waals surface area contributed by atoms with E-state index in [2.05, 4.69) is 0 Å². The highest BCUT2D eigenvalue weighted by Gasteiger charge is 2.51. The maximum absolute atomic E-state index is 12.9. The Bertz CT molecular complexity index is 1050. The van der Waals surface area contributed by atoms with Crippen LogP contribution in [0.4, 0.5) is 10.5 Å². The molecule has 0 aliphatic carbocycles. The van der Waals surface area contributed by atoms with Gasteiger partial charge in [0.2, 0.25) is 0 Å². The number of aryl methyl sites for hydroxylation is 1. The van der Waals surface area contributed by atoms with Gasteiger partial charge in [0.25, 0.3) is 0 Å². The van der Waals surface area contributed by atoms with Crippen LogP contribution >= 0.6 is 0 Å². The molecule has 0 unspecified atom stereocenters. The summed E-state index contributed by atoms with van der Waals surface area (Å²) < 4.78 is 86.2. The Labute approximate surface area is 186 Å². The lowest BCUT2D eigenvalue weighted by Gasteiger charge is -2.37. The van der Waals surface area contributed by atoms with E-state index >= 15 is 0 Å². The second-order valence-electron chi connectivity index (χ2n) is 9.29. The van der Waals surface area contributed by atoms with Gasteiger partial charge in [-0.15, -0.1) is 0 Å². The molecule has 160 valence electrons. The summed E-state index contributed by atoms with van der Waals surface area (Å²) in [6.45, 7) is 0.416. The molecular formula is C22H35BN2O4. The number of carbonyl (C=O) groups is 1. The number of carbonyl (C=O) groups excluding carboxylic acids is 1. The zero-order valence-corrected chi connectivity index (χ0v) is 18.3. The Balaban J connectivity index is 2.16. The molecule has 1 aromatic carbocycles. The van der Waals surface area contributed by atoms with Gasteiger partial charge in [0.15, 0.2) is 0 Å². The highest BCUT2D eigenvalue weighted by molar-refractivity contribution is 6.62. The summed E-state index contributed by atoms with van der Waals surface area (Å²) in [5.41, 5.74) is -1.68. The van der Waals surface area contributed by atoms with E-state index in [1.54, 1.807) is 13.0 Å². The molecule has 2 aliphatic rings. The lowest BCUT2D eigenvalue weighted by Crippen LogP contribution is -2.50. The number of nitrogens with zero attached hydrogens (tertiary/aromatic N) is 2. The van der Waals surface area contributed by atoms with Crippen LogP contribution in [0.2, 0.25) is 0 Å². The van der Waals surface area contributed by atoms with E-state index in [1.807, 2.05) is 27.7 Å². The highest BCUT2D eigenvalue weighted by atomic mass is 16.7. The summed E-state index contributed by atoms with van der Waals surface area (Å²) in [6.07, 6.45) is -1.52. The normalized spacial score (nSPS) is 32.5. The summed E-state index contributed by atoms with van der Waals surface area (Å²) in [5.74, 6) is 0. The Morgan fingerprint density at radius 1 is 1.07 bits per heavy atom. The molecule has 29 heavy (non-hydrogen) atoms. The minimum atomic E-state index is -3.35. The fraction of sp³-hybridized carbons (Fsp3) is 0.682. The van der Waals surface area contributed by atoms with E-state index < -0.39 is 56.0 Å². The van der Waals surface area contributed by atoms with Crippen molar-refractivity contribution in [1.29, 1.82) is 0 Å². The zero-order valence-electron chi connectivity index (χ0n) is 26.3. The molecule has 7 heteroatoms. The average molecular weight is 410 g/mol. The van der Waals surface area contributed by atoms with Crippen LogP contribution in [0.15, 0.2) is 18.2 Å². The van der Waals surface area contributed by atoms with Crippen LogP contribution in [0.1, 0.15) is 65.0 Å². The van der Waals surface area contributed by atoms with Crippen molar-refractivity contribution in [2.75, 3.05) is 30.9 Å². The van der Waals surface area contributed by atoms with Gasteiger partial charge in [0, 0.05) is 31.7 Å². The Morgan fingerprint density at radius 2 is 1.62 bits per heavy atom. The number of rotatable bonds is 2. The summed E-state index contributed by atoms with van der Waals surface area (Å²) in [6, 6.07) is 4.52. The maximum Gasteiger partial charge on any atom is 0.494 e. The van der Waals surface area contributed by atoms with Crippen molar-refractivity contribution in [3.8, 4) is 0 Å². The first kappa shape index (κ1) is 13.6. The Kier molecular flexibility index (Phi) is 3.51. The number of piperazine rings is 1. The zero-order chi connectivity index (χ0) is 28.8. The first-order chi connectivity index (χ1) is 16.3. The molecule has 1 aromatic rings. The van der Waals surface area contributed by atoms with Crippen molar-refractivity contribution >= 4 is 24.4 Å². The fourth-order valence-electron chi connectivity index (χ4n) is 2.82. The second kappa shape index (κ2) is 7.51. The number of amides is 1. The van der Waals surface area contributed by atoms with Crippen molar-refractivity contribution in [2.24, 2.45) is 0 Å². The van der Waals surface area contributed by atoms with Crippen molar-refractivity contribution in [3.63, 3.8) is 0 Å². The van der Waals surface area contributed by atoms with Gasteiger partial charge in [-0.2, -0.15) is 0 Å². The van der Waals surface area contributed by atoms with Gasteiger partial charge in [-0.05, 0) is 78.5 Å². The maximum atomic E-state index is 12.9. The van der Waals surface area contributed by atoms with Gasteiger partial charge >= 0.3 is 13.2 Å². The predicted octanol–water partition coefficient (Wildman–Crippen LogP) is 3.35. The summed E-state index contributed by atoms with van der Waals surface area (Å²) in [5, 5.41) is 0. The summed E-state index contributed by atoms with van der Waals surface area (Å²) in [7, 11) is -0.878. The lowest BCUT2D eigenvalue weighted by molar-refractivity contribution is 0.00578. The third-order valence-electron chi connectivity index (χ3n) is 4.99. The third kappa shape index (κ3) is 4.89. The molecule has 3 rings (SSSR count). The van der Waals surface area contributed by atoms with E-state index in [9.17, 15) is 4.79 Å². The molecular weight excluding hydrogens is 367 g/mol. The molecule has 0 N–H and O–H groups in total. The molecule has 0 bridgehead atoms. The van der Waals surface area contributed by atoms with Gasteiger partial charge in [-0.1, -0.05) is 6.07 Å². The molecule has 1 amide bonds. The minimum Gasteiger partial charge on any atom is -0.444 e. The molecule has 0 saturated carbocycles. The van der Waals surface area contributed by atoms with Crippen LogP contribution in [0.3, 0.4) is 0 Å². The van der Waals surface area contributed by atoms with E-state index in [1.165, 1.54) is 32.9 Å². The molecule has 0 radical (unpaired) electrons. The van der Waals surface area contributed by atoms with Gasteiger partial charge in [-0.3, -0.25) is 0 Å². The number of benzene rings is 1. The lowest BCUT2D eigenvalue weighted by atomic mass is 9.78. The Hall–Kier alpha value is -1.73. The monoisotopic (exact) mass is 410 g/mol. The molecule has 0 atom stereocenters. The van der Waals surface area contributed by atoms with Crippen molar-refractivity contribution < 1.29 is 29.8 Å². The molecule has 6 nitrogen and oxygen atoms in total. The fourth-order valence-corrected chi connectivity index (χ4v) is 2.82. The Morgan fingerprint density at radius 3 is 2.14 bits per heavy atom. The molecule has 2 fully saturated rings. The van der Waals surface area contributed by atoms with Crippen LogP contribution < -0.4 is 10.4 Å². The van der Waals surface area contributed by atoms with Crippen LogP contribution in [0, 0.1) is 6.92 Å². The van der Waals surface area contributed by atoms with Crippen LogP contribution in [-0.4, -0.2) is 60.9 Å². The van der Waals surface area contributed by atoms with Crippen LogP contribution in [0.25, 0.3) is 0 Å². The van der Waals surface area contributed by atoms with E-state index in [-0.39, 0.29) is 10.6 Å². The standard InChI is InChI=1S/C22H35BN2O4/c1-16-13-17(23-28-21(5,6)22(7,8)29-23)15-18(14-16)24-9-11-25(12-10-24)19(26)27-20(2,3)4/h13-15H,9-12H2,1-8H3/i9D2,10D2,11D2,12D2.